The molecule has 3 N–H and O–H groups in total. The van der Waals surface area contributed by atoms with Gasteiger partial charge >= 0.3 is 0 Å². The Bertz CT molecular complexity index is 319. The molecular formula is C25H57FO4. The monoisotopic (exact) mass is 440 g/mol. The van der Waals surface area contributed by atoms with Gasteiger partial charge < -0.3 is 20.1 Å². The normalized spacial score (nSPS) is 12.7. The molecule has 0 aliphatic carbocycles. The van der Waals surface area contributed by atoms with Crippen LogP contribution in [0.3, 0.4) is 0 Å². The van der Waals surface area contributed by atoms with Crippen molar-refractivity contribution in [1.82, 2.24) is 0 Å². The topological polar surface area (TPSA) is 69.9 Å². The second-order valence-corrected chi connectivity index (χ2v) is 11.0. The van der Waals surface area contributed by atoms with E-state index in [1.807, 2.05) is 55.4 Å². The van der Waals surface area contributed by atoms with Crippen molar-refractivity contribution in [1.29, 1.82) is 0 Å². The maximum Gasteiger partial charge on any atom is 0.195 e. The summed E-state index contributed by atoms with van der Waals surface area (Å²) >= 11 is 0. The van der Waals surface area contributed by atoms with Gasteiger partial charge in [-0.25, -0.2) is 4.39 Å². The van der Waals surface area contributed by atoms with Crippen LogP contribution in [0.5, 0.6) is 0 Å². The van der Waals surface area contributed by atoms with E-state index < -0.39 is 17.6 Å². The molecule has 4 nitrogen and oxygen atoms in total. The molecule has 0 rings (SSSR count). The molecule has 0 saturated heterocycles. The summed E-state index contributed by atoms with van der Waals surface area (Å²) in [6.45, 7) is 26.1. The number of alkyl halides is 1. The molecule has 1 atom stereocenters. The molecule has 0 radical (unpaired) electrons. The van der Waals surface area contributed by atoms with E-state index in [1.165, 1.54) is 6.92 Å². The minimum Gasteiger partial charge on any atom is -0.396 e. The lowest BCUT2D eigenvalue weighted by molar-refractivity contribution is -0.0358. The summed E-state index contributed by atoms with van der Waals surface area (Å²) in [6, 6.07) is 0. The molecule has 0 fully saturated rings. The highest BCUT2D eigenvalue weighted by Crippen LogP contribution is 2.15. The average Bonchev–Trinajstić information content (AvgIpc) is 2.49. The molecule has 1 unspecified atom stereocenters. The van der Waals surface area contributed by atoms with Crippen LogP contribution in [0.25, 0.3) is 0 Å². The molecule has 0 aromatic heterocycles. The quantitative estimate of drug-likeness (QED) is 0.377. The molecule has 0 aliphatic rings. The summed E-state index contributed by atoms with van der Waals surface area (Å²) < 4.78 is 16.5. The van der Waals surface area contributed by atoms with E-state index in [2.05, 4.69) is 32.4 Å². The highest BCUT2D eigenvalue weighted by Gasteiger charge is 2.13. The van der Waals surface area contributed by atoms with Gasteiger partial charge in [0.25, 0.3) is 0 Å². The Hall–Kier alpha value is -0.230. The molecule has 0 heterocycles. The van der Waals surface area contributed by atoms with Gasteiger partial charge in [0.15, 0.2) is 6.36 Å². The van der Waals surface area contributed by atoms with Gasteiger partial charge in [0.2, 0.25) is 0 Å². The maximum absolute atomic E-state index is 11.8. The summed E-state index contributed by atoms with van der Waals surface area (Å²) in [5.41, 5.74) is -0.946. The third-order valence-electron chi connectivity index (χ3n) is 3.27. The smallest absolute Gasteiger partial charge is 0.195 e. The number of hydrogen-bond donors (Lipinski definition) is 3. The zero-order valence-electron chi connectivity index (χ0n) is 22.6. The van der Waals surface area contributed by atoms with Crippen LogP contribution in [-0.2, 0) is 4.74 Å². The van der Waals surface area contributed by atoms with Crippen molar-refractivity contribution >= 4 is 0 Å². The van der Waals surface area contributed by atoms with Crippen molar-refractivity contribution in [2.45, 2.75) is 127 Å². The van der Waals surface area contributed by atoms with Crippen LogP contribution in [0.4, 0.5) is 4.39 Å². The minimum atomic E-state index is -1.11. The highest BCUT2D eigenvalue weighted by molar-refractivity contribution is 4.66. The standard InChI is InChI=1S/C8H18O.C7H16O.C6H13FO.C4H10O/c1-7(2)5-6-8(3,4)9;1-6(2)5-7(3,4)8;1-5(2)4-8-6(3)7;1-4(2)3-5/h7,9H,5-6H2,1-4H3;6,8H,5H2,1-4H3;5-6H,4H2,1-3H3;4-5H,3H2,1-2H3. The first-order valence-electron chi connectivity index (χ1n) is 11.5. The van der Waals surface area contributed by atoms with Crippen molar-refractivity contribution in [2.24, 2.45) is 23.7 Å². The minimum absolute atomic E-state index is 0.306. The van der Waals surface area contributed by atoms with Crippen LogP contribution in [0.2, 0.25) is 0 Å². The first-order chi connectivity index (χ1) is 13.2. The molecule has 0 bridgehead atoms. The van der Waals surface area contributed by atoms with Gasteiger partial charge in [-0.05, 0) is 77.6 Å². The molecular weight excluding hydrogens is 383 g/mol. The number of aliphatic hydroxyl groups is 3. The molecule has 0 saturated carbocycles. The Morgan fingerprint density at radius 2 is 1.10 bits per heavy atom. The van der Waals surface area contributed by atoms with Crippen molar-refractivity contribution < 1.29 is 24.4 Å². The molecule has 30 heavy (non-hydrogen) atoms. The van der Waals surface area contributed by atoms with Gasteiger partial charge in [-0.2, -0.15) is 0 Å². The largest absolute Gasteiger partial charge is 0.396 e. The third kappa shape index (κ3) is 63.0. The fourth-order valence-electron chi connectivity index (χ4n) is 1.97. The van der Waals surface area contributed by atoms with Gasteiger partial charge in [-0.3, -0.25) is 0 Å². The van der Waals surface area contributed by atoms with Crippen LogP contribution in [0.1, 0.15) is 109 Å². The fourth-order valence-corrected chi connectivity index (χ4v) is 1.97. The Morgan fingerprint density at radius 3 is 1.17 bits per heavy atom. The van der Waals surface area contributed by atoms with Gasteiger partial charge in [0.1, 0.15) is 0 Å². The fraction of sp³-hybridized carbons (Fsp3) is 1.00. The first-order valence-corrected chi connectivity index (χ1v) is 11.5. The molecule has 0 aromatic carbocycles. The summed E-state index contributed by atoms with van der Waals surface area (Å²) in [6.07, 6.45) is 1.79. The lowest BCUT2D eigenvalue weighted by Crippen LogP contribution is -2.20. The van der Waals surface area contributed by atoms with E-state index in [9.17, 15) is 14.6 Å². The van der Waals surface area contributed by atoms with E-state index >= 15 is 0 Å². The van der Waals surface area contributed by atoms with Crippen LogP contribution in [0.15, 0.2) is 0 Å². The van der Waals surface area contributed by atoms with E-state index in [4.69, 9.17) is 5.11 Å². The lowest BCUT2D eigenvalue weighted by atomic mass is 9.97. The summed E-state index contributed by atoms with van der Waals surface area (Å²) in [4.78, 5) is 0. The van der Waals surface area contributed by atoms with Crippen LogP contribution >= 0.6 is 0 Å². The number of hydrogen-bond acceptors (Lipinski definition) is 4. The summed E-state index contributed by atoms with van der Waals surface area (Å²) in [7, 11) is 0. The Balaban J connectivity index is -0.000000153. The Kier molecular flexibility index (Phi) is 25.6. The van der Waals surface area contributed by atoms with Gasteiger partial charge in [-0.1, -0.05) is 55.4 Å². The van der Waals surface area contributed by atoms with Crippen LogP contribution in [0, 0.1) is 23.7 Å². The number of halogens is 1. The second-order valence-electron chi connectivity index (χ2n) is 11.0. The first kappa shape index (κ1) is 37.1. The van der Waals surface area contributed by atoms with Crippen molar-refractivity contribution in [2.75, 3.05) is 13.2 Å². The zero-order valence-corrected chi connectivity index (χ0v) is 22.6. The van der Waals surface area contributed by atoms with E-state index in [-0.39, 0.29) is 0 Å². The number of rotatable bonds is 9. The molecule has 0 spiro atoms. The Labute approximate surface area is 188 Å². The maximum atomic E-state index is 11.8. The molecule has 188 valence electrons. The zero-order chi connectivity index (χ0) is 25.1. The third-order valence-corrected chi connectivity index (χ3v) is 3.27. The van der Waals surface area contributed by atoms with Gasteiger partial charge in [0, 0.05) is 6.61 Å². The van der Waals surface area contributed by atoms with Crippen LogP contribution < -0.4 is 0 Å². The van der Waals surface area contributed by atoms with Crippen molar-refractivity contribution in [3.63, 3.8) is 0 Å². The number of ether oxygens (including phenoxy) is 1. The molecule has 5 heteroatoms. The highest BCUT2D eigenvalue weighted by atomic mass is 19.1. The van der Waals surface area contributed by atoms with Crippen molar-refractivity contribution in [3.8, 4) is 0 Å². The molecule has 0 amide bonds. The second kappa shape index (κ2) is 20.7. The van der Waals surface area contributed by atoms with E-state index in [0.29, 0.717) is 36.9 Å². The predicted molar refractivity (Wildman–Crippen MR) is 129 cm³/mol. The van der Waals surface area contributed by atoms with Gasteiger partial charge in [0.05, 0.1) is 17.8 Å². The molecule has 0 aromatic rings. The number of aliphatic hydroxyl groups excluding tert-OH is 1. The Morgan fingerprint density at radius 1 is 0.700 bits per heavy atom. The van der Waals surface area contributed by atoms with Crippen LogP contribution in [-0.4, -0.2) is 46.1 Å². The summed E-state index contributed by atoms with van der Waals surface area (Å²) in [5, 5.41) is 26.6. The summed E-state index contributed by atoms with van der Waals surface area (Å²) in [5.74, 6) is 2.16. The molecule has 0 aliphatic heterocycles. The van der Waals surface area contributed by atoms with E-state index in [1.54, 1.807) is 0 Å². The average molecular weight is 441 g/mol. The predicted octanol–water partition coefficient (Wildman–Crippen LogP) is 6.61. The van der Waals surface area contributed by atoms with Crippen molar-refractivity contribution in [3.05, 3.63) is 0 Å². The van der Waals surface area contributed by atoms with Gasteiger partial charge in [-0.15, -0.1) is 0 Å². The SMILES string of the molecule is CC(C)CC(C)(C)O.CC(C)CCC(C)(C)O.CC(C)CO.CC(C)COC(C)F. The lowest BCUT2D eigenvalue weighted by Gasteiger charge is -2.18. The van der Waals surface area contributed by atoms with E-state index in [0.717, 1.165) is 19.3 Å².